The number of nitro groups is 1. The lowest BCUT2D eigenvalue weighted by Crippen LogP contribution is -2.04. The standard InChI is InChI=1S/C10H8FNO5/c11-8-5-7(10(14)15)9(12(16)17)4-6(8)2-1-3-13/h1-2,4-5,13H,3H2,(H,14,15). The zero-order chi connectivity index (χ0) is 13.0. The van der Waals surface area contributed by atoms with Crippen molar-refractivity contribution in [2.75, 3.05) is 6.61 Å². The van der Waals surface area contributed by atoms with Gasteiger partial charge >= 0.3 is 5.97 Å². The van der Waals surface area contributed by atoms with Gasteiger partial charge in [-0.25, -0.2) is 9.18 Å². The van der Waals surface area contributed by atoms with E-state index in [-0.39, 0.29) is 12.2 Å². The number of halogens is 1. The summed E-state index contributed by atoms with van der Waals surface area (Å²) in [7, 11) is 0. The highest BCUT2D eigenvalue weighted by molar-refractivity contribution is 5.92. The number of hydrogen-bond donors (Lipinski definition) is 2. The van der Waals surface area contributed by atoms with E-state index in [0.29, 0.717) is 6.07 Å². The molecule has 2 N–H and O–H groups in total. The first-order chi connectivity index (χ1) is 7.97. The minimum atomic E-state index is -1.58. The second-order valence-electron chi connectivity index (χ2n) is 3.04. The van der Waals surface area contributed by atoms with Crippen LogP contribution in [0.5, 0.6) is 0 Å². The molecule has 6 nitrogen and oxygen atoms in total. The van der Waals surface area contributed by atoms with Crippen LogP contribution < -0.4 is 0 Å². The summed E-state index contributed by atoms with van der Waals surface area (Å²) in [4.78, 5) is 20.4. The van der Waals surface area contributed by atoms with Crippen LogP contribution in [0.25, 0.3) is 6.08 Å². The Bertz CT molecular complexity index is 498. The summed E-state index contributed by atoms with van der Waals surface area (Å²) in [5, 5.41) is 27.8. The van der Waals surface area contributed by atoms with Gasteiger partial charge in [-0.2, -0.15) is 0 Å². The molecular formula is C10H8FNO5. The molecule has 0 amide bonds. The van der Waals surface area contributed by atoms with Crippen LogP contribution >= 0.6 is 0 Å². The predicted molar refractivity (Wildman–Crippen MR) is 56.1 cm³/mol. The number of aromatic carboxylic acids is 1. The fourth-order valence-corrected chi connectivity index (χ4v) is 1.21. The fourth-order valence-electron chi connectivity index (χ4n) is 1.21. The summed E-state index contributed by atoms with van der Waals surface area (Å²) >= 11 is 0. The first kappa shape index (κ1) is 12.8. The first-order valence-electron chi connectivity index (χ1n) is 4.46. The number of benzene rings is 1. The summed E-state index contributed by atoms with van der Waals surface area (Å²) < 4.78 is 13.4. The van der Waals surface area contributed by atoms with Crippen LogP contribution in [-0.2, 0) is 0 Å². The van der Waals surface area contributed by atoms with Crippen molar-refractivity contribution in [2.24, 2.45) is 0 Å². The molecule has 90 valence electrons. The van der Waals surface area contributed by atoms with E-state index in [1.165, 1.54) is 6.08 Å². The Morgan fingerprint density at radius 2 is 2.18 bits per heavy atom. The van der Waals surface area contributed by atoms with Crippen molar-refractivity contribution in [2.45, 2.75) is 0 Å². The summed E-state index contributed by atoms with van der Waals surface area (Å²) in [6, 6.07) is 1.39. The van der Waals surface area contributed by atoms with Crippen molar-refractivity contribution in [1.82, 2.24) is 0 Å². The molecule has 0 bridgehead atoms. The van der Waals surface area contributed by atoms with Gasteiger partial charge in [-0.15, -0.1) is 0 Å². The minimum absolute atomic E-state index is 0.157. The molecule has 1 aromatic rings. The molecule has 0 heterocycles. The predicted octanol–water partition coefficient (Wildman–Crippen LogP) is 1.44. The van der Waals surface area contributed by atoms with Crippen LogP contribution in [0.3, 0.4) is 0 Å². The number of aliphatic hydroxyl groups excluding tert-OH is 1. The quantitative estimate of drug-likeness (QED) is 0.613. The van der Waals surface area contributed by atoms with Crippen molar-refractivity contribution in [3.05, 3.63) is 45.3 Å². The van der Waals surface area contributed by atoms with Crippen molar-refractivity contribution in [3.63, 3.8) is 0 Å². The maximum atomic E-state index is 13.4. The molecule has 0 aromatic heterocycles. The van der Waals surface area contributed by atoms with Crippen molar-refractivity contribution in [3.8, 4) is 0 Å². The molecule has 0 saturated carbocycles. The molecule has 0 aliphatic rings. The lowest BCUT2D eigenvalue weighted by atomic mass is 10.1. The van der Waals surface area contributed by atoms with Gasteiger partial charge in [-0.1, -0.05) is 12.2 Å². The molecule has 7 heteroatoms. The number of nitrogens with zero attached hydrogens (tertiary/aromatic N) is 1. The number of rotatable bonds is 4. The van der Waals surface area contributed by atoms with Gasteiger partial charge in [0.05, 0.1) is 11.5 Å². The Kier molecular flexibility index (Phi) is 3.89. The maximum Gasteiger partial charge on any atom is 0.342 e. The average molecular weight is 241 g/mol. The molecule has 0 fully saturated rings. The highest BCUT2D eigenvalue weighted by atomic mass is 19.1. The van der Waals surface area contributed by atoms with E-state index in [9.17, 15) is 19.3 Å². The van der Waals surface area contributed by atoms with Crippen molar-refractivity contribution >= 4 is 17.7 Å². The Labute approximate surface area is 94.8 Å². The molecule has 0 atom stereocenters. The van der Waals surface area contributed by atoms with E-state index < -0.39 is 28.0 Å². The van der Waals surface area contributed by atoms with Crippen LogP contribution in [0.15, 0.2) is 18.2 Å². The van der Waals surface area contributed by atoms with Crippen LogP contribution in [0.4, 0.5) is 10.1 Å². The molecule has 17 heavy (non-hydrogen) atoms. The monoisotopic (exact) mass is 241 g/mol. The maximum absolute atomic E-state index is 13.4. The number of hydrogen-bond acceptors (Lipinski definition) is 4. The zero-order valence-corrected chi connectivity index (χ0v) is 8.46. The number of carboxylic acid groups (broad SMARTS) is 1. The number of aliphatic hydroxyl groups is 1. The van der Waals surface area contributed by atoms with Crippen molar-refractivity contribution in [1.29, 1.82) is 0 Å². The highest BCUT2D eigenvalue weighted by Crippen LogP contribution is 2.23. The minimum Gasteiger partial charge on any atom is -0.477 e. The van der Waals surface area contributed by atoms with Gasteiger partial charge in [0.1, 0.15) is 11.4 Å². The largest absolute Gasteiger partial charge is 0.477 e. The van der Waals surface area contributed by atoms with Crippen molar-refractivity contribution < 1.29 is 24.3 Å². The second kappa shape index (κ2) is 5.17. The fraction of sp³-hybridized carbons (Fsp3) is 0.100. The second-order valence-corrected chi connectivity index (χ2v) is 3.04. The zero-order valence-electron chi connectivity index (χ0n) is 8.46. The molecule has 0 saturated heterocycles. The topological polar surface area (TPSA) is 101 Å². The summed E-state index contributed by atoms with van der Waals surface area (Å²) in [5.74, 6) is -2.48. The lowest BCUT2D eigenvalue weighted by Gasteiger charge is -2.01. The highest BCUT2D eigenvalue weighted by Gasteiger charge is 2.22. The third kappa shape index (κ3) is 2.85. The Morgan fingerprint density at radius 3 is 2.65 bits per heavy atom. The van der Waals surface area contributed by atoms with Gasteiger partial charge in [0, 0.05) is 11.6 Å². The SMILES string of the molecule is O=C(O)c1cc(F)c(C=CCO)cc1[N+](=O)[O-]. The Morgan fingerprint density at radius 1 is 1.53 bits per heavy atom. The molecule has 0 unspecified atom stereocenters. The molecule has 0 aliphatic carbocycles. The average Bonchev–Trinajstić information content (AvgIpc) is 2.26. The van der Waals surface area contributed by atoms with E-state index in [1.807, 2.05) is 0 Å². The van der Waals surface area contributed by atoms with Crippen LogP contribution in [0, 0.1) is 15.9 Å². The van der Waals surface area contributed by atoms with Crippen LogP contribution in [-0.4, -0.2) is 27.7 Å². The number of carbonyl (C=O) groups is 1. The van der Waals surface area contributed by atoms with Gasteiger partial charge < -0.3 is 10.2 Å². The van der Waals surface area contributed by atoms with Gasteiger partial charge in [-0.3, -0.25) is 10.1 Å². The van der Waals surface area contributed by atoms with Gasteiger partial charge in [0.25, 0.3) is 5.69 Å². The third-order valence-electron chi connectivity index (χ3n) is 1.94. The molecule has 1 rings (SSSR count). The molecule has 0 spiro atoms. The number of nitro benzene ring substituents is 1. The van der Waals surface area contributed by atoms with E-state index in [2.05, 4.69) is 0 Å². The van der Waals surface area contributed by atoms with Gasteiger partial charge in [-0.05, 0) is 6.07 Å². The Balaban J connectivity index is 3.39. The summed E-state index contributed by atoms with van der Waals surface area (Å²) in [6.07, 6.45) is 2.32. The van der Waals surface area contributed by atoms with E-state index in [0.717, 1.165) is 12.1 Å². The third-order valence-corrected chi connectivity index (χ3v) is 1.94. The molecule has 0 radical (unpaired) electrons. The molecule has 0 aliphatic heterocycles. The van der Waals surface area contributed by atoms with Gasteiger partial charge in [0.15, 0.2) is 0 Å². The molecular weight excluding hydrogens is 233 g/mol. The Hall–Kier alpha value is -2.28. The van der Waals surface area contributed by atoms with Crippen LogP contribution in [0.2, 0.25) is 0 Å². The normalized spacial score (nSPS) is 10.7. The lowest BCUT2D eigenvalue weighted by molar-refractivity contribution is -0.385. The van der Waals surface area contributed by atoms with Gasteiger partial charge in [0.2, 0.25) is 0 Å². The summed E-state index contributed by atoms with van der Waals surface area (Å²) in [6.45, 7) is -0.353. The van der Waals surface area contributed by atoms with E-state index >= 15 is 0 Å². The summed E-state index contributed by atoms with van der Waals surface area (Å²) in [5.41, 5.74) is -1.57. The van der Waals surface area contributed by atoms with E-state index in [1.54, 1.807) is 0 Å². The van der Waals surface area contributed by atoms with Crippen LogP contribution in [0.1, 0.15) is 15.9 Å². The molecule has 1 aromatic carbocycles. The number of carboxylic acids is 1. The smallest absolute Gasteiger partial charge is 0.342 e. The van der Waals surface area contributed by atoms with E-state index in [4.69, 9.17) is 10.2 Å². The first-order valence-corrected chi connectivity index (χ1v) is 4.46.